The smallest absolute Gasteiger partial charge is 0.118 e. The van der Waals surface area contributed by atoms with Gasteiger partial charge in [-0.15, -0.1) is 11.3 Å². The first-order valence-electron chi connectivity index (χ1n) is 5.98. The Hall–Kier alpha value is -1.28. The van der Waals surface area contributed by atoms with Gasteiger partial charge in [-0.3, -0.25) is 0 Å². The molecule has 1 aromatic carbocycles. The average molecular weight is 246 g/mol. The highest BCUT2D eigenvalue weighted by Gasteiger charge is 2.07. The molecule has 0 fully saturated rings. The first-order chi connectivity index (χ1) is 8.24. The van der Waals surface area contributed by atoms with Gasteiger partial charge >= 0.3 is 0 Å². The molecule has 1 aromatic heterocycles. The highest BCUT2D eigenvalue weighted by Crippen LogP contribution is 2.33. The lowest BCUT2D eigenvalue weighted by atomic mass is 10.1. The van der Waals surface area contributed by atoms with E-state index in [4.69, 9.17) is 4.74 Å². The Morgan fingerprint density at radius 2 is 1.82 bits per heavy atom. The Kier molecular flexibility index (Phi) is 3.85. The molecule has 0 saturated heterocycles. The van der Waals surface area contributed by atoms with Crippen molar-refractivity contribution in [2.24, 2.45) is 0 Å². The Labute approximate surface area is 107 Å². The fourth-order valence-corrected chi connectivity index (χ4v) is 2.88. The van der Waals surface area contributed by atoms with E-state index in [1.807, 2.05) is 23.5 Å². The van der Waals surface area contributed by atoms with E-state index in [0.717, 1.165) is 5.75 Å². The lowest BCUT2D eigenvalue weighted by Crippen LogP contribution is -1.84. The summed E-state index contributed by atoms with van der Waals surface area (Å²) < 4.78 is 5.17. The molecule has 0 bridgehead atoms. The molecule has 2 heteroatoms. The Bertz CT molecular complexity index is 470. The number of methoxy groups -OCH3 is 1. The summed E-state index contributed by atoms with van der Waals surface area (Å²) in [5.74, 6) is 1.57. The minimum Gasteiger partial charge on any atom is -0.497 e. The zero-order valence-corrected chi connectivity index (χ0v) is 11.4. The van der Waals surface area contributed by atoms with Crippen LogP contribution in [0.4, 0.5) is 0 Å². The summed E-state index contributed by atoms with van der Waals surface area (Å²) in [5, 5.41) is 0. The summed E-state index contributed by atoms with van der Waals surface area (Å²) in [5.41, 5.74) is 1.27. The van der Waals surface area contributed by atoms with Crippen molar-refractivity contribution >= 4 is 11.3 Å². The number of rotatable bonds is 4. The Morgan fingerprint density at radius 3 is 2.41 bits per heavy atom. The standard InChI is InChI=1S/C15H18OS/c1-4-11(2)14-9-10-15(17-14)12-5-7-13(16-3)8-6-12/h5-11H,4H2,1-3H3. The van der Waals surface area contributed by atoms with Crippen LogP contribution in [0.2, 0.25) is 0 Å². The van der Waals surface area contributed by atoms with Crippen LogP contribution >= 0.6 is 11.3 Å². The minimum atomic E-state index is 0.659. The SMILES string of the molecule is CCC(C)c1ccc(-c2ccc(OC)cc2)s1. The van der Waals surface area contributed by atoms with Crippen LogP contribution in [0.5, 0.6) is 5.75 Å². The molecule has 1 atom stereocenters. The summed E-state index contributed by atoms with van der Waals surface area (Å²) in [7, 11) is 1.70. The van der Waals surface area contributed by atoms with Gasteiger partial charge in [0.05, 0.1) is 7.11 Å². The van der Waals surface area contributed by atoms with Gasteiger partial charge in [-0.1, -0.05) is 13.8 Å². The second kappa shape index (κ2) is 5.37. The van der Waals surface area contributed by atoms with Crippen molar-refractivity contribution in [3.05, 3.63) is 41.3 Å². The number of hydrogen-bond acceptors (Lipinski definition) is 2. The third kappa shape index (κ3) is 2.70. The van der Waals surface area contributed by atoms with Crippen molar-refractivity contribution in [3.63, 3.8) is 0 Å². The molecule has 0 aliphatic carbocycles. The number of ether oxygens (including phenoxy) is 1. The van der Waals surface area contributed by atoms with Gasteiger partial charge in [-0.2, -0.15) is 0 Å². The molecule has 1 unspecified atom stereocenters. The fraction of sp³-hybridized carbons (Fsp3) is 0.333. The van der Waals surface area contributed by atoms with Crippen LogP contribution in [-0.4, -0.2) is 7.11 Å². The van der Waals surface area contributed by atoms with E-state index in [-0.39, 0.29) is 0 Å². The number of benzene rings is 1. The van der Waals surface area contributed by atoms with Gasteiger partial charge in [-0.25, -0.2) is 0 Å². The zero-order chi connectivity index (χ0) is 12.3. The molecule has 0 spiro atoms. The molecule has 90 valence electrons. The summed E-state index contributed by atoms with van der Waals surface area (Å²) >= 11 is 1.89. The first-order valence-corrected chi connectivity index (χ1v) is 6.80. The van der Waals surface area contributed by atoms with Crippen LogP contribution in [-0.2, 0) is 0 Å². The normalized spacial score (nSPS) is 12.4. The molecule has 0 aliphatic heterocycles. The number of thiophene rings is 1. The highest BCUT2D eigenvalue weighted by molar-refractivity contribution is 7.15. The van der Waals surface area contributed by atoms with E-state index in [2.05, 4.69) is 38.1 Å². The van der Waals surface area contributed by atoms with Crippen LogP contribution in [0.25, 0.3) is 10.4 Å². The monoisotopic (exact) mass is 246 g/mol. The molecule has 0 radical (unpaired) electrons. The zero-order valence-electron chi connectivity index (χ0n) is 10.6. The molecule has 0 saturated carbocycles. The molecular weight excluding hydrogens is 228 g/mol. The predicted molar refractivity (Wildman–Crippen MR) is 75.0 cm³/mol. The third-order valence-corrected chi connectivity index (χ3v) is 4.47. The molecule has 2 aromatic rings. The lowest BCUT2D eigenvalue weighted by Gasteiger charge is -2.04. The van der Waals surface area contributed by atoms with Gasteiger partial charge < -0.3 is 4.74 Å². The molecule has 17 heavy (non-hydrogen) atoms. The molecular formula is C15H18OS. The van der Waals surface area contributed by atoms with E-state index in [1.54, 1.807) is 7.11 Å². The van der Waals surface area contributed by atoms with Crippen molar-refractivity contribution in [2.75, 3.05) is 7.11 Å². The minimum absolute atomic E-state index is 0.659. The lowest BCUT2D eigenvalue weighted by molar-refractivity contribution is 0.415. The van der Waals surface area contributed by atoms with E-state index in [9.17, 15) is 0 Å². The molecule has 0 N–H and O–H groups in total. The maximum atomic E-state index is 5.17. The van der Waals surface area contributed by atoms with Crippen molar-refractivity contribution in [1.29, 1.82) is 0 Å². The average Bonchev–Trinajstić information content (AvgIpc) is 2.87. The molecule has 1 nitrogen and oxygen atoms in total. The van der Waals surface area contributed by atoms with Gasteiger partial charge in [0, 0.05) is 9.75 Å². The topological polar surface area (TPSA) is 9.23 Å². The summed E-state index contributed by atoms with van der Waals surface area (Å²) in [6.07, 6.45) is 1.20. The first kappa shape index (κ1) is 12.2. The summed E-state index contributed by atoms with van der Waals surface area (Å²) in [4.78, 5) is 2.81. The molecule has 1 heterocycles. The summed E-state index contributed by atoms with van der Waals surface area (Å²) in [6.45, 7) is 4.51. The second-order valence-electron chi connectivity index (χ2n) is 4.24. The van der Waals surface area contributed by atoms with E-state index >= 15 is 0 Å². The third-order valence-electron chi connectivity index (χ3n) is 3.10. The van der Waals surface area contributed by atoms with E-state index < -0.39 is 0 Å². The van der Waals surface area contributed by atoms with Crippen molar-refractivity contribution < 1.29 is 4.74 Å². The van der Waals surface area contributed by atoms with Gasteiger partial charge in [-0.05, 0) is 54.3 Å². The maximum absolute atomic E-state index is 5.17. The maximum Gasteiger partial charge on any atom is 0.118 e. The van der Waals surface area contributed by atoms with Crippen LogP contribution in [0, 0.1) is 0 Å². The highest BCUT2D eigenvalue weighted by atomic mass is 32.1. The quantitative estimate of drug-likeness (QED) is 0.742. The molecule has 0 amide bonds. The van der Waals surface area contributed by atoms with Crippen LogP contribution in [0.1, 0.15) is 31.1 Å². The summed E-state index contributed by atoms with van der Waals surface area (Å²) in [6, 6.07) is 12.7. The van der Waals surface area contributed by atoms with Crippen molar-refractivity contribution in [2.45, 2.75) is 26.2 Å². The van der Waals surface area contributed by atoms with Gasteiger partial charge in [0.2, 0.25) is 0 Å². The van der Waals surface area contributed by atoms with Gasteiger partial charge in [0.15, 0.2) is 0 Å². The Morgan fingerprint density at radius 1 is 1.12 bits per heavy atom. The molecule has 2 rings (SSSR count). The second-order valence-corrected chi connectivity index (χ2v) is 5.36. The largest absolute Gasteiger partial charge is 0.497 e. The van der Waals surface area contributed by atoms with Gasteiger partial charge in [0.1, 0.15) is 5.75 Å². The van der Waals surface area contributed by atoms with Crippen LogP contribution in [0.3, 0.4) is 0 Å². The van der Waals surface area contributed by atoms with E-state index in [1.165, 1.54) is 21.7 Å². The predicted octanol–water partition coefficient (Wildman–Crippen LogP) is 4.94. The number of hydrogen-bond donors (Lipinski definition) is 0. The fourth-order valence-electron chi connectivity index (χ4n) is 1.73. The van der Waals surface area contributed by atoms with Gasteiger partial charge in [0.25, 0.3) is 0 Å². The van der Waals surface area contributed by atoms with Crippen molar-refractivity contribution in [3.8, 4) is 16.2 Å². The van der Waals surface area contributed by atoms with E-state index in [0.29, 0.717) is 5.92 Å². The van der Waals surface area contributed by atoms with Crippen LogP contribution < -0.4 is 4.74 Å². The molecule has 0 aliphatic rings. The van der Waals surface area contributed by atoms with Crippen LogP contribution in [0.15, 0.2) is 36.4 Å². The van der Waals surface area contributed by atoms with Crippen molar-refractivity contribution in [1.82, 2.24) is 0 Å². The Balaban J connectivity index is 2.24.